The molecule has 0 radical (unpaired) electrons. The lowest BCUT2D eigenvalue weighted by molar-refractivity contribution is 0.0939. The average Bonchev–Trinajstić information content (AvgIpc) is 2.26. The molecule has 1 aromatic rings. The van der Waals surface area contributed by atoms with Crippen molar-refractivity contribution in [3.8, 4) is 0 Å². The van der Waals surface area contributed by atoms with Crippen molar-refractivity contribution in [1.29, 1.82) is 0 Å². The van der Waals surface area contributed by atoms with E-state index in [4.69, 9.17) is 0 Å². The number of hydrogen-bond acceptors (Lipinski definition) is 1. The zero-order chi connectivity index (χ0) is 13.1. The van der Waals surface area contributed by atoms with Gasteiger partial charge in [-0.25, -0.2) is 0 Å². The molecule has 2 nitrogen and oxygen atoms in total. The lowest BCUT2D eigenvalue weighted by Crippen LogP contribution is -2.35. The highest BCUT2D eigenvalue weighted by Gasteiger charge is 2.18. The van der Waals surface area contributed by atoms with Gasteiger partial charge in [-0.3, -0.25) is 4.79 Å². The molecular formula is C12H14Br3NO. The van der Waals surface area contributed by atoms with Gasteiger partial charge in [-0.15, -0.1) is 0 Å². The molecule has 1 aromatic carbocycles. The van der Waals surface area contributed by atoms with Crippen molar-refractivity contribution in [3.05, 3.63) is 32.7 Å². The molecule has 17 heavy (non-hydrogen) atoms. The zero-order valence-corrected chi connectivity index (χ0v) is 14.4. The summed E-state index contributed by atoms with van der Waals surface area (Å²) in [5, 5.41) is 3.79. The third-order valence-corrected chi connectivity index (χ3v) is 4.93. The zero-order valence-electron chi connectivity index (χ0n) is 9.69. The lowest BCUT2D eigenvalue weighted by Gasteiger charge is -2.22. The maximum absolute atomic E-state index is 12.0. The van der Waals surface area contributed by atoms with E-state index in [1.165, 1.54) is 0 Å². The molecular weight excluding hydrogens is 414 g/mol. The normalized spacial score (nSPS) is 11.4. The van der Waals surface area contributed by atoms with Gasteiger partial charge in [0.05, 0.1) is 5.56 Å². The van der Waals surface area contributed by atoms with E-state index in [1.807, 2.05) is 12.1 Å². The average molecular weight is 428 g/mol. The SMILES string of the molecule is CC(C)(CBr)CNC(=O)c1ccc(Br)cc1Br. The Morgan fingerprint density at radius 2 is 2.00 bits per heavy atom. The number of amides is 1. The Morgan fingerprint density at radius 3 is 2.53 bits per heavy atom. The van der Waals surface area contributed by atoms with E-state index in [0.717, 1.165) is 14.3 Å². The first kappa shape index (κ1) is 15.2. The molecule has 0 spiro atoms. The molecule has 0 fully saturated rings. The van der Waals surface area contributed by atoms with Crippen LogP contribution in [0.25, 0.3) is 0 Å². The maximum atomic E-state index is 12.0. The predicted molar refractivity (Wildman–Crippen MR) is 81.8 cm³/mol. The summed E-state index contributed by atoms with van der Waals surface area (Å²) >= 11 is 10.2. The van der Waals surface area contributed by atoms with E-state index >= 15 is 0 Å². The molecule has 0 aliphatic carbocycles. The topological polar surface area (TPSA) is 29.1 Å². The van der Waals surface area contributed by atoms with Gasteiger partial charge >= 0.3 is 0 Å². The van der Waals surface area contributed by atoms with Crippen molar-refractivity contribution in [2.45, 2.75) is 13.8 Å². The van der Waals surface area contributed by atoms with Crippen molar-refractivity contribution < 1.29 is 4.79 Å². The molecule has 1 rings (SSSR count). The Labute approximate surface area is 127 Å². The Hall–Kier alpha value is 0.130. The van der Waals surface area contributed by atoms with Crippen LogP contribution in [0.3, 0.4) is 0 Å². The molecule has 0 saturated carbocycles. The standard InChI is InChI=1S/C12H14Br3NO/c1-12(2,6-13)7-16-11(17)9-4-3-8(14)5-10(9)15/h3-5H,6-7H2,1-2H3,(H,16,17). The van der Waals surface area contributed by atoms with Crippen molar-refractivity contribution in [3.63, 3.8) is 0 Å². The minimum absolute atomic E-state index is 0.0531. The highest BCUT2D eigenvalue weighted by Crippen LogP contribution is 2.22. The predicted octanol–water partition coefficient (Wildman–Crippen LogP) is 4.36. The van der Waals surface area contributed by atoms with Crippen LogP contribution >= 0.6 is 47.8 Å². The van der Waals surface area contributed by atoms with E-state index in [2.05, 4.69) is 67.0 Å². The van der Waals surface area contributed by atoms with E-state index in [9.17, 15) is 4.79 Å². The fourth-order valence-electron chi connectivity index (χ4n) is 1.14. The summed E-state index contributed by atoms with van der Waals surface area (Å²) in [6.45, 7) is 4.83. The van der Waals surface area contributed by atoms with Crippen LogP contribution in [0, 0.1) is 5.41 Å². The third kappa shape index (κ3) is 4.72. The number of rotatable bonds is 4. The second kappa shape index (κ2) is 6.34. The summed E-state index contributed by atoms with van der Waals surface area (Å²) in [5.74, 6) is -0.0570. The van der Waals surface area contributed by atoms with Crippen LogP contribution in [-0.2, 0) is 0 Å². The number of alkyl halides is 1. The Bertz CT molecular complexity index is 418. The molecule has 0 saturated heterocycles. The highest BCUT2D eigenvalue weighted by molar-refractivity contribution is 9.11. The molecule has 0 aliphatic heterocycles. The van der Waals surface area contributed by atoms with Crippen LogP contribution in [0.2, 0.25) is 0 Å². The minimum Gasteiger partial charge on any atom is -0.351 e. The van der Waals surface area contributed by atoms with Crippen LogP contribution in [0.5, 0.6) is 0 Å². The molecule has 0 unspecified atom stereocenters. The number of carbonyl (C=O) groups is 1. The van der Waals surface area contributed by atoms with Gasteiger partial charge < -0.3 is 5.32 Å². The lowest BCUT2D eigenvalue weighted by atomic mass is 9.97. The first-order valence-electron chi connectivity index (χ1n) is 5.15. The van der Waals surface area contributed by atoms with Gasteiger partial charge in [0.15, 0.2) is 0 Å². The number of benzene rings is 1. The molecule has 5 heteroatoms. The molecule has 0 aromatic heterocycles. The second-order valence-corrected chi connectivity index (χ2v) is 6.94. The van der Waals surface area contributed by atoms with E-state index < -0.39 is 0 Å². The van der Waals surface area contributed by atoms with Crippen molar-refractivity contribution >= 4 is 53.7 Å². The summed E-state index contributed by atoms with van der Waals surface area (Å²) in [7, 11) is 0. The summed E-state index contributed by atoms with van der Waals surface area (Å²) in [6.07, 6.45) is 0. The van der Waals surface area contributed by atoms with Crippen LogP contribution < -0.4 is 5.32 Å². The van der Waals surface area contributed by atoms with Crippen molar-refractivity contribution in [2.75, 3.05) is 11.9 Å². The van der Waals surface area contributed by atoms with Gasteiger partial charge in [0.25, 0.3) is 5.91 Å². The first-order chi connectivity index (χ1) is 7.85. The van der Waals surface area contributed by atoms with Crippen LogP contribution in [0.15, 0.2) is 27.1 Å². The minimum atomic E-state index is -0.0570. The fourth-order valence-corrected chi connectivity index (χ4v) is 2.56. The quantitative estimate of drug-likeness (QED) is 0.710. The van der Waals surface area contributed by atoms with Crippen LogP contribution in [0.1, 0.15) is 24.2 Å². The van der Waals surface area contributed by atoms with Crippen LogP contribution in [-0.4, -0.2) is 17.8 Å². The number of halogens is 3. The molecule has 0 aliphatic rings. The van der Waals surface area contributed by atoms with Gasteiger partial charge in [0, 0.05) is 20.8 Å². The van der Waals surface area contributed by atoms with Gasteiger partial charge in [-0.05, 0) is 39.5 Å². The Balaban J connectivity index is 2.71. The summed E-state index contributed by atoms with van der Waals surface area (Å²) in [6, 6.07) is 5.52. The van der Waals surface area contributed by atoms with Crippen molar-refractivity contribution in [1.82, 2.24) is 5.32 Å². The fraction of sp³-hybridized carbons (Fsp3) is 0.417. The second-order valence-electron chi connectivity index (χ2n) is 4.60. The van der Waals surface area contributed by atoms with E-state index in [0.29, 0.717) is 12.1 Å². The molecule has 0 heterocycles. The maximum Gasteiger partial charge on any atom is 0.252 e. The van der Waals surface area contributed by atoms with Gasteiger partial charge in [0.2, 0.25) is 0 Å². The largest absolute Gasteiger partial charge is 0.351 e. The first-order valence-corrected chi connectivity index (χ1v) is 7.86. The number of carbonyl (C=O) groups excluding carboxylic acids is 1. The van der Waals surface area contributed by atoms with Gasteiger partial charge in [0.1, 0.15) is 0 Å². The molecule has 1 N–H and O–H groups in total. The molecule has 1 amide bonds. The Morgan fingerprint density at radius 1 is 1.35 bits per heavy atom. The molecule has 0 atom stereocenters. The smallest absolute Gasteiger partial charge is 0.252 e. The van der Waals surface area contributed by atoms with E-state index in [-0.39, 0.29) is 11.3 Å². The van der Waals surface area contributed by atoms with E-state index in [1.54, 1.807) is 6.07 Å². The van der Waals surface area contributed by atoms with Gasteiger partial charge in [-0.2, -0.15) is 0 Å². The number of nitrogens with one attached hydrogen (secondary N) is 1. The Kier molecular flexibility index (Phi) is 5.67. The summed E-state index contributed by atoms with van der Waals surface area (Å²) in [5.41, 5.74) is 0.705. The number of hydrogen-bond donors (Lipinski definition) is 1. The molecule has 94 valence electrons. The highest BCUT2D eigenvalue weighted by atomic mass is 79.9. The van der Waals surface area contributed by atoms with Crippen LogP contribution in [0.4, 0.5) is 0 Å². The van der Waals surface area contributed by atoms with Crippen molar-refractivity contribution in [2.24, 2.45) is 5.41 Å². The third-order valence-electron chi connectivity index (χ3n) is 2.27. The monoisotopic (exact) mass is 425 g/mol. The molecule has 0 bridgehead atoms. The summed E-state index contributed by atoms with van der Waals surface area (Å²) in [4.78, 5) is 12.0. The van der Waals surface area contributed by atoms with Gasteiger partial charge in [-0.1, -0.05) is 45.7 Å². The summed E-state index contributed by atoms with van der Waals surface area (Å²) < 4.78 is 1.74.